The van der Waals surface area contributed by atoms with Gasteiger partial charge in [-0.2, -0.15) is 0 Å². The Morgan fingerprint density at radius 1 is 1.22 bits per heavy atom. The molecule has 2 unspecified atom stereocenters. The third kappa shape index (κ3) is 2.19. The molecule has 0 aromatic heterocycles. The molecule has 1 fully saturated rings. The summed E-state index contributed by atoms with van der Waals surface area (Å²) in [6.07, 6.45) is 3.09. The van der Waals surface area contributed by atoms with Gasteiger partial charge in [0.15, 0.2) is 5.78 Å². The largest absolute Gasteiger partial charge is 0.497 e. The van der Waals surface area contributed by atoms with Gasteiger partial charge in [-0.05, 0) is 54.9 Å². The second-order valence-electron chi connectivity index (χ2n) is 7.27. The molecule has 23 heavy (non-hydrogen) atoms. The summed E-state index contributed by atoms with van der Waals surface area (Å²) in [4.78, 5) is 25.2. The van der Waals surface area contributed by atoms with Crippen LogP contribution in [0.1, 0.15) is 55.5 Å². The van der Waals surface area contributed by atoms with E-state index in [1.165, 1.54) is 7.11 Å². The highest BCUT2D eigenvalue weighted by Gasteiger charge is 2.57. The second-order valence-corrected chi connectivity index (χ2v) is 7.27. The minimum absolute atomic E-state index is 0.0386. The van der Waals surface area contributed by atoms with E-state index in [1.54, 1.807) is 7.11 Å². The first-order chi connectivity index (χ1) is 10.9. The fourth-order valence-electron chi connectivity index (χ4n) is 4.79. The molecule has 124 valence electrons. The normalized spacial score (nSPS) is 32.7. The molecule has 0 heterocycles. The Morgan fingerprint density at radius 3 is 2.61 bits per heavy atom. The van der Waals surface area contributed by atoms with Crippen molar-refractivity contribution in [2.75, 3.05) is 14.2 Å². The van der Waals surface area contributed by atoms with Gasteiger partial charge in [-0.3, -0.25) is 9.59 Å². The topological polar surface area (TPSA) is 52.6 Å². The number of esters is 1. The van der Waals surface area contributed by atoms with Crippen LogP contribution >= 0.6 is 0 Å². The van der Waals surface area contributed by atoms with Crippen LogP contribution in [0.4, 0.5) is 0 Å². The van der Waals surface area contributed by atoms with Crippen LogP contribution in [0.3, 0.4) is 0 Å². The summed E-state index contributed by atoms with van der Waals surface area (Å²) < 4.78 is 10.4. The zero-order valence-corrected chi connectivity index (χ0v) is 14.3. The zero-order chi connectivity index (χ0) is 16.8. The Labute approximate surface area is 137 Å². The molecule has 1 aromatic carbocycles. The molecule has 4 nitrogen and oxygen atoms in total. The van der Waals surface area contributed by atoms with E-state index in [0.29, 0.717) is 6.42 Å². The Bertz CT molecular complexity index is 665. The summed E-state index contributed by atoms with van der Waals surface area (Å²) in [6.45, 7) is 4.14. The van der Waals surface area contributed by atoms with Gasteiger partial charge in [-0.15, -0.1) is 0 Å². The molecule has 1 saturated carbocycles. The lowest BCUT2D eigenvalue weighted by atomic mass is 9.49. The lowest BCUT2D eigenvalue weighted by molar-refractivity contribution is -0.160. The molecule has 0 amide bonds. The van der Waals surface area contributed by atoms with E-state index in [-0.39, 0.29) is 23.1 Å². The molecule has 0 saturated heterocycles. The van der Waals surface area contributed by atoms with E-state index < -0.39 is 5.41 Å². The Kier molecular flexibility index (Phi) is 3.74. The average molecular weight is 316 g/mol. The number of Topliss-reactive ketones (excluding diaryl/α,β-unsaturated/α-hetero) is 1. The van der Waals surface area contributed by atoms with Gasteiger partial charge in [0.2, 0.25) is 0 Å². The third-order valence-electron chi connectivity index (χ3n) is 6.11. The quantitative estimate of drug-likeness (QED) is 0.783. The summed E-state index contributed by atoms with van der Waals surface area (Å²) in [7, 11) is 3.06. The maximum absolute atomic E-state index is 12.7. The maximum Gasteiger partial charge on any atom is 0.311 e. The molecule has 4 heteroatoms. The van der Waals surface area contributed by atoms with Crippen molar-refractivity contribution < 1.29 is 19.1 Å². The molecular formula is C19H24O4. The second kappa shape index (κ2) is 5.36. The van der Waals surface area contributed by atoms with Crippen molar-refractivity contribution in [2.24, 2.45) is 11.3 Å². The van der Waals surface area contributed by atoms with Crippen molar-refractivity contribution in [1.82, 2.24) is 0 Å². The highest BCUT2D eigenvalue weighted by atomic mass is 16.5. The zero-order valence-electron chi connectivity index (χ0n) is 14.3. The number of hydrogen-bond acceptors (Lipinski definition) is 4. The van der Waals surface area contributed by atoms with E-state index in [1.807, 2.05) is 25.1 Å². The van der Waals surface area contributed by atoms with Gasteiger partial charge in [0, 0.05) is 12.0 Å². The predicted molar refractivity (Wildman–Crippen MR) is 86.8 cm³/mol. The lowest BCUT2D eigenvalue weighted by Gasteiger charge is -2.53. The number of carbonyl (C=O) groups excluding carboxylic acids is 2. The van der Waals surface area contributed by atoms with Gasteiger partial charge in [0.25, 0.3) is 0 Å². The van der Waals surface area contributed by atoms with Crippen molar-refractivity contribution in [3.8, 4) is 5.75 Å². The minimum atomic E-state index is -0.613. The van der Waals surface area contributed by atoms with Gasteiger partial charge in [-0.25, -0.2) is 0 Å². The van der Waals surface area contributed by atoms with Crippen LogP contribution in [-0.2, 0) is 14.9 Å². The first kappa shape index (κ1) is 16.0. The van der Waals surface area contributed by atoms with Crippen LogP contribution < -0.4 is 4.74 Å². The maximum atomic E-state index is 12.7. The molecular weight excluding hydrogens is 292 g/mol. The number of carbonyl (C=O) groups is 2. The van der Waals surface area contributed by atoms with E-state index >= 15 is 0 Å². The Morgan fingerprint density at radius 2 is 1.96 bits per heavy atom. The highest BCUT2D eigenvalue weighted by molar-refractivity contribution is 6.00. The standard InChI is InChI=1S/C19H24O4/c1-18-8-5-9-19(2,17(21)23-4)16(18)11-15(20)13-7-6-12(22-3)10-14(13)18/h6-7,10,16H,5,8-9,11H2,1-4H3/t16?,18?,19-/m0/s1. The van der Waals surface area contributed by atoms with Crippen molar-refractivity contribution >= 4 is 11.8 Å². The van der Waals surface area contributed by atoms with E-state index in [9.17, 15) is 9.59 Å². The van der Waals surface area contributed by atoms with Crippen LogP contribution in [0, 0.1) is 11.3 Å². The van der Waals surface area contributed by atoms with Gasteiger partial charge >= 0.3 is 5.97 Å². The van der Waals surface area contributed by atoms with Crippen LogP contribution in [0.5, 0.6) is 5.75 Å². The summed E-state index contributed by atoms with van der Waals surface area (Å²) in [5.74, 6) is 0.627. The number of rotatable bonds is 2. The van der Waals surface area contributed by atoms with Crippen molar-refractivity contribution in [3.63, 3.8) is 0 Å². The number of ketones is 1. The summed E-state index contributed by atoms with van der Waals surface area (Å²) in [5, 5.41) is 0. The van der Waals surface area contributed by atoms with Gasteiger partial charge in [-0.1, -0.05) is 13.3 Å². The molecule has 0 N–H and O–H groups in total. The fraction of sp³-hybridized carbons (Fsp3) is 0.579. The summed E-state index contributed by atoms with van der Waals surface area (Å²) >= 11 is 0. The molecule has 3 rings (SSSR count). The van der Waals surface area contributed by atoms with Crippen LogP contribution in [0.15, 0.2) is 18.2 Å². The van der Waals surface area contributed by atoms with Crippen LogP contribution in [0.2, 0.25) is 0 Å². The molecule has 0 aliphatic heterocycles. The van der Waals surface area contributed by atoms with Crippen molar-refractivity contribution in [3.05, 3.63) is 29.3 Å². The van der Waals surface area contributed by atoms with Gasteiger partial charge in [0.05, 0.1) is 19.6 Å². The number of methoxy groups -OCH3 is 2. The van der Waals surface area contributed by atoms with Gasteiger partial charge in [0.1, 0.15) is 5.75 Å². The molecule has 0 spiro atoms. The first-order valence-corrected chi connectivity index (χ1v) is 8.17. The number of ether oxygens (including phenoxy) is 2. The monoisotopic (exact) mass is 316 g/mol. The Balaban J connectivity index is 2.17. The fourth-order valence-corrected chi connectivity index (χ4v) is 4.79. The molecule has 0 radical (unpaired) electrons. The highest BCUT2D eigenvalue weighted by Crippen LogP contribution is 2.57. The van der Waals surface area contributed by atoms with E-state index in [2.05, 4.69) is 6.92 Å². The smallest absolute Gasteiger partial charge is 0.311 e. The lowest BCUT2D eigenvalue weighted by Crippen LogP contribution is -2.53. The van der Waals surface area contributed by atoms with Gasteiger partial charge < -0.3 is 9.47 Å². The molecule has 1 aromatic rings. The molecule has 2 aliphatic carbocycles. The minimum Gasteiger partial charge on any atom is -0.497 e. The molecule has 0 bridgehead atoms. The average Bonchev–Trinajstić information content (AvgIpc) is 2.56. The van der Waals surface area contributed by atoms with Crippen molar-refractivity contribution in [2.45, 2.75) is 44.9 Å². The molecule has 3 atom stereocenters. The number of fused-ring (bicyclic) bond motifs is 3. The van der Waals surface area contributed by atoms with Crippen LogP contribution in [-0.4, -0.2) is 26.0 Å². The van der Waals surface area contributed by atoms with E-state index in [4.69, 9.17) is 9.47 Å². The van der Waals surface area contributed by atoms with Crippen molar-refractivity contribution in [1.29, 1.82) is 0 Å². The predicted octanol–water partition coefficient (Wildman–Crippen LogP) is 3.52. The number of benzene rings is 1. The first-order valence-electron chi connectivity index (χ1n) is 8.17. The summed E-state index contributed by atoms with van der Waals surface area (Å²) in [5.41, 5.74) is 0.976. The van der Waals surface area contributed by atoms with Crippen LogP contribution in [0.25, 0.3) is 0 Å². The Hall–Kier alpha value is -1.84. The summed E-state index contributed by atoms with van der Waals surface area (Å²) in [6, 6.07) is 5.67. The van der Waals surface area contributed by atoms with E-state index in [0.717, 1.165) is 36.1 Å². The number of hydrogen-bond donors (Lipinski definition) is 0. The SMILES string of the molecule is COC(=O)[C@@]1(C)CCCC2(C)c3cc(OC)ccc3C(=O)CC21. The molecule has 2 aliphatic rings. The third-order valence-corrected chi connectivity index (χ3v) is 6.11.